The first-order chi connectivity index (χ1) is 8.52. The summed E-state index contributed by atoms with van der Waals surface area (Å²) in [4.78, 5) is 9.91. The Hall–Kier alpha value is -1.62. The molecule has 7 nitrogen and oxygen atoms in total. The summed E-state index contributed by atoms with van der Waals surface area (Å²) >= 11 is 0. The number of nitrogens with zero attached hydrogens (tertiary/aromatic N) is 3. The third-order valence-electron chi connectivity index (χ3n) is 2.02. The van der Waals surface area contributed by atoms with Crippen LogP contribution in [-0.4, -0.2) is 53.3 Å². The van der Waals surface area contributed by atoms with Crippen molar-refractivity contribution in [2.24, 2.45) is 0 Å². The van der Waals surface area contributed by atoms with Gasteiger partial charge in [-0.2, -0.15) is 22.6 Å². The molecule has 0 unspecified atom stereocenters. The SMILES string of the molecule is CN(CC(=O)O)S(=O)(=O)c1cnn(CC(F)(F)F)c1. The molecule has 0 aliphatic heterocycles. The maximum absolute atomic E-state index is 12.1. The van der Waals surface area contributed by atoms with Gasteiger partial charge in [-0.3, -0.25) is 9.48 Å². The summed E-state index contributed by atoms with van der Waals surface area (Å²) in [6.45, 7) is -2.22. The van der Waals surface area contributed by atoms with Crippen molar-refractivity contribution in [1.29, 1.82) is 0 Å². The van der Waals surface area contributed by atoms with Crippen molar-refractivity contribution in [3.8, 4) is 0 Å². The fourth-order valence-corrected chi connectivity index (χ4v) is 2.28. The van der Waals surface area contributed by atoms with E-state index in [1.165, 1.54) is 0 Å². The molecule has 0 radical (unpaired) electrons. The molecule has 1 heterocycles. The van der Waals surface area contributed by atoms with Crippen molar-refractivity contribution in [2.75, 3.05) is 13.6 Å². The molecule has 0 saturated carbocycles. The van der Waals surface area contributed by atoms with Gasteiger partial charge in [0.2, 0.25) is 10.0 Å². The van der Waals surface area contributed by atoms with Crippen LogP contribution in [0.2, 0.25) is 0 Å². The van der Waals surface area contributed by atoms with Crippen LogP contribution in [0.5, 0.6) is 0 Å². The lowest BCUT2D eigenvalue weighted by molar-refractivity contribution is -0.142. The Morgan fingerprint density at radius 2 is 2.11 bits per heavy atom. The van der Waals surface area contributed by atoms with Crippen molar-refractivity contribution in [2.45, 2.75) is 17.6 Å². The first-order valence-corrected chi connectivity index (χ1v) is 6.24. The monoisotopic (exact) mass is 301 g/mol. The summed E-state index contributed by atoms with van der Waals surface area (Å²) in [7, 11) is -3.16. The second kappa shape index (κ2) is 5.17. The second-order valence-corrected chi connectivity index (χ2v) is 5.69. The molecule has 0 bridgehead atoms. The van der Waals surface area contributed by atoms with Gasteiger partial charge in [0.1, 0.15) is 18.0 Å². The summed E-state index contributed by atoms with van der Waals surface area (Å²) in [6, 6.07) is 0. The first-order valence-electron chi connectivity index (χ1n) is 4.80. The van der Waals surface area contributed by atoms with Crippen LogP contribution in [0.3, 0.4) is 0 Å². The highest BCUT2D eigenvalue weighted by molar-refractivity contribution is 7.89. The Bertz CT molecular complexity index is 566. The molecule has 1 rings (SSSR count). The van der Waals surface area contributed by atoms with Crippen molar-refractivity contribution in [3.63, 3.8) is 0 Å². The molecule has 19 heavy (non-hydrogen) atoms. The minimum absolute atomic E-state index is 0.418. The van der Waals surface area contributed by atoms with E-state index in [1.54, 1.807) is 0 Å². The van der Waals surface area contributed by atoms with Crippen LogP contribution < -0.4 is 0 Å². The molecule has 0 aromatic carbocycles. The molecule has 0 aliphatic rings. The largest absolute Gasteiger partial charge is 0.480 e. The zero-order valence-electron chi connectivity index (χ0n) is 9.62. The highest BCUT2D eigenvalue weighted by Gasteiger charge is 2.30. The third-order valence-corrected chi connectivity index (χ3v) is 3.77. The van der Waals surface area contributed by atoms with Gasteiger partial charge in [0.25, 0.3) is 0 Å². The number of likely N-dealkylation sites (N-methyl/N-ethyl adjacent to an activating group) is 1. The fraction of sp³-hybridized carbons (Fsp3) is 0.500. The minimum Gasteiger partial charge on any atom is -0.480 e. The van der Waals surface area contributed by atoms with Gasteiger partial charge in [0.15, 0.2) is 0 Å². The molecular weight excluding hydrogens is 291 g/mol. The number of aromatic nitrogens is 2. The van der Waals surface area contributed by atoms with Crippen LogP contribution in [0.15, 0.2) is 17.3 Å². The van der Waals surface area contributed by atoms with E-state index < -0.39 is 40.2 Å². The quantitative estimate of drug-likeness (QED) is 0.835. The summed E-state index contributed by atoms with van der Waals surface area (Å²) in [5.74, 6) is -1.38. The standard InChI is InChI=1S/C8H10F3N3O4S/c1-13(4-7(15)16)19(17,18)6-2-12-14(3-6)5-8(9,10)11/h2-3H,4-5H2,1H3,(H,15,16). The number of halogens is 3. The molecule has 11 heteroatoms. The normalized spacial score (nSPS) is 12.9. The molecule has 0 atom stereocenters. The van der Waals surface area contributed by atoms with E-state index in [-0.39, 0.29) is 0 Å². The molecule has 0 spiro atoms. The zero-order valence-corrected chi connectivity index (χ0v) is 10.4. The van der Waals surface area contributed by atoms with E-state index in [9.17, 15) is 26.4 Å². The van der Waals surface area contributed by atoms with E-state index in [1.807, 2.05) is 0 Å². The average molecular weight is 301 g/mol. The van der Waals surface area contributed by atoms with E-state index in [2.05, 4.69) is 5.10 Å². The topological polar surface area (TPSA) is 92.5 Å². The average Bonchev–Trinajstić information content (AvgIpc) is 2.62. The number of aliphatic carboxylic acids is 1. The van der Waals surface area contributed by atoms with Crippen LogP contribution >= 0.6 is 0 Å². The highest BCUT2D eigenvalue weighted by atomic mass is 32.2. The predicted octanol–water partition coefficient (Wildman–Crippen LogP) is 0.150. The molecule has 108 valence electrons. The van der Waals surface area contributed by atoms with Crippen LogP contribution in [0.4, 0.5) is 13.2 Å². The number of carbonyl (C=O) groups is 1. The smallest absolute Gasteiger partial charge is 0.408 e. The van der Waals surface area contributed by atoms with Crippen LogP contribution in [0.25, 0.3) is 0 Å². The fourth-order valence-electron chi connectivity index (χ4n) is 1.20. The van der Waals surface area contributed by atoms with E-state index >= 15 is 0 Å². The van der Waals surface area contributed by atoms with Gasteiger partial charge in [0.05, 0.1) is 6.20 Å². The molecule has 1 N–H and O–H groups in total. The highest BCUT2D eigenvalue weighted by Crippen LogP contribution is 2.19. The van der Waals surface area contributed by atoms with Gasteiger partial charge in [0, 0.05) is 13.2 Å². The molecule has 0 amide bonds. The lowest BCUT2D eigenvalue weighted by atomic mass is 10.6. The minimum atomic E-state index is -4.53. The van der Waals surface area contributed by atoms with E-state index in [0.717, 1.165) is 13.2 Å². The summed E-state index contributed by atoms with van der Waals surface area (Å²) < 4.78 is 60.7. The zero-order chi connectivity index (χ0) is 14.8. The van der Waals surface area contributed by atoms with Crippen molar-refractivity contribution < 1.29 is 31.5 Å². The Balaban J connectivity index is 2.94. The third kappa shape index (κ3) is 4.21. The summed E-state index contributed by atoms with van der Waals surface area (Å²) in [5, 5.41) is 11.7. The number of alkyl halides is 3. The van der Waals surface area contributed by atoms with Crippen LogP contribution in [0, 0.1) is 0 Å². The second-order valence-electron chi connectivity index (χ2n) is 3.64. The number of rotatable bonds is 5. The Morgan fingerprint density at radius 1 is 1.53 bits per heavy atom. The molecule has 0 aliphatic carbocycles. The molecule has 0 saturated heterocycles. The van der Waals surface area contributed by atoms with Gasteiger partial charge in [-0.05, 0) is 0 Å². The van der Waals surface area contributed by atoms with Crippen molar-refractivity contribution >= 4 is 16.0 Å². The van der Waals surface area contributed by atoms with Crippen LogP contribution in [-0.2, 0) is 21.4 Å². The maximum Gasteiger partial charge on any atom is 0.408 e. The predicted molar refractivity (Wildman–Crippen MR) is 55.7 cm³/mol. The lowest BCUT2D eigenvalue weighted by Gasteiger charge is -2.12. The summed E-state index contributed by atoms with van der Waals surface area (Å²) in [5.41, 5.74) is 0. The molecular formula is C8H10F3N3O4S. The lowest BCUT2D eigenvalue weighted by Crippen LogP contribution is -2.31. The Morgan fingerprint density at radius 3 is 2.58 bits per heavy atom. The van der Waals surface area contributed by atoms with Gasteiger partial charge >= 0.3 is 12.1 Å². The van der Waals surface area contributed by atoms with Crippen molar-refractivity contribution in [3.05, 3.63) is 12.4 Å². The maximum atomic E-state index is 12.1. The number of hydrogen-bond acceptors (Lipinski definition) is 4. The van der Waals surface area contributed by atoms with Gasteiger partial charge < -0.3 is 5.11 Å². The summed E-state index contributed by atoms with van der Waals surface area (Å²) in [6.07, 6.45) is -3.10. The number of carboxylic acid groups (broad SMARTS) is 1. The number of sulfonamides is 1. The van der Waals surface area contributed by atoms with Gasteiger partial charge in [-0.15, -0.1) is 0 Å². The number of carboxylic acids is 1. The van der Waals surface area contributed by atoms with Gasteiger partial charge in [-0.25, -0.2) is 8.42 Å². The van der Waals surface area contributed by atoms with E-state index in [4.69, 9.17) is 5.11 Å². The number of hydrogen-bond donors (Lipinski definition) is 1. The Labute approximate surface area is 106 Å². The van der Waals surface area contributed by atoms with Crippen LogP contribution in [0.1, 0.15) is 0 Å². The molecule has 1 aromatic heterocycles. The van der Waals surface area contributed by atoms with Gasteiger partial charge in [-0.1, -0.05) is 0 Å². The first kappa shape index (κ1) is 15.4. The molecule has 1 aromatic rings. The molecule has 0 fully saturated rings. The van der Waals surface area contributed by atoms with E-state index in [0.29, 0.717) is 15.2 Å². The Kier molecular flexibility index (Phi) is 4.20. The van der Waals surface area contributed by atoms with Crippen molar-refractivity contribution in [1.82, 2.24) is 14.1 Å².